The largest absolute Gasteiger partial charge is 0.497 e. The summed E-state index contributed by atoms with van der Waals surface area (Å²) in [6.45, 7) is 0.453. The number of benzene rings is 2. The second kappa shape index (κ2) is 7.44. The highest BCUT2D eigenvalue weighted by molar-refractivity contribution is 5.82. The maximum atomic E-state index is 13.2. The SMILES string of the molecule is COc1ccc(CNC(=O)[C@H]2[C@@H](c3nc4ccccc4c(=O)[nH]3)[C@H]3C=C[C@@H]2C3)cc1. The first kappa shape index (κ1) is 18.6. The number of rotatable bonds is 5. The highest BCUT2D eigenvalue weighted by atomic mass is 16.5. The van der Waals surface area contributed by atoms with E-state index in [1.54, 1.807) is 13.2 Å². The second-order valence-corrected chi connectivity index (χ2v) is 8.03. The average Bonchev–Trinajstić information content (AvgIpc) is 3.39. The third kappa shape index (κ3) is 3.18. The first-order chi connectivity index (χ1) is 14.6. The highest BCUT2D eigenvalue weighted by Gasteiger charge is 2.49. The van der Waals surface area contributed by atoms with Gasteiger partial charge in [-0.05, 0) is 48.1 Å². The molecule has 152 valence electrons. The van der Waals surface area contributed by atoms with E-state index in [2.05, 4.69) is 22.5 Å². The van der Waals surface area contributed by atoms with Crippen molar-refractivity contribution in [1.82, 2.24) is 15.3 Å². The molecule has 1 aromatic heterocycles. The quantitative estimate of drug-likeness (QED) is 0.644. The summed E-state index contributed by atoms with van der Waals surface area (Å²) in [6.07, 6.45) is 5.22. The van der Waals surface area contributed by atoms with Crippen molar-refractivity contribution < 1.29 is 9.53 Å². The monoisotopic (exact) mass is 401 g/mol. The molecule has 2 aliphatic carbocycles. The van der Waals surface area contributed by atoms with Gasteiger partial charge in [-0.25, -0.2) is 4.98 Å². The lowest BCUT2D eigenvalue weighted by Crippen LogP contribution is -2.37. The Balaban J connectivity index is 1.40. The number of carbonyl (C=O) groups is 1. The lowest BCUT2D eigenvalue weighted by atomic mass is 9.81. The molecule has 1 heterocycles. The number of hydrogen-bond donors (Lipinski definition) is 2. The number of aromatic amines is 1. The van der Waals surface area contributed by atoms with Crippen molar-refractivity contribution in [2.24, 2.45) is 17.8 Å². The summed E-state index contributed by atoms with van der Waals surface area (Å²) in [6, 6.07) is 15.0. The number of allylic oxidation sites excluding steroid dienone is 2. The Labute approximate surface area is 174 Å². The summed E-state index contributed by atoms with van der Waals surface area (Å²) < 4.78 is 5.18. The zero-order valence-electron chi connectivity index (χ0n) is 16.7. The van der Waals surface area contributed by atoms with Crippen LogP contribution in [0.15, 0.2) is 65.5 Å². The fourth-order valence-corrected chi connectivity index (χ4v) is 4.87. The fraction of sp³-hybridized carbons (Fsp3) is 0.292. The van der Waals surface area contributed by atoms with Gasteiger partial charge in [-0.2, -0.15) is 0 Å². The molecule has 6 nitrogen and oxygen atoms in total. The molecule has 1 saturated carbocycles. The Morgan fingerprint density at radius 1 is 1.13 bits per heavy atom. The van der Waals surface area contributed by atoms with E-state index in [-0.39, 0.29) is 35.1 Å². The van der Waals surface area contributed by atoms with E-state index in [9.17, 15) is 9.59 Å². The van der Waals surface area contributed by atoms with Crippen LogP contribution in [-0.4, -0.2) is 23.0 Å². The molecule has 2 bridgehead atoms. The van der Waals surface area contributed by atoms with E-state index in [1.807, 2.05) is 42.5 Å². The van der Waals surface area contributed by atoms with E-state index in [4.69, 9.17) is 9.72 Å². The normalized spacial score (nSPS) is 24.3. The van der Waals surface area contributed by atoms with Crippen LogP contribution in [-0.2, 0) is 11.3 Å². The van der Waals surface area contributed by atoms with Gasteiger partial charge >= 0.3 is 0 Å². The van der Waals surface area contributed by atoms with Crippen LogP contribution >= 0.6 is 0 Å². The summed E-state index contributed by atoms with van der Waals surface area (Å²) in [5.74, 6) is 1.44. The van der Waals surface area contributed by atoms with Crippen LogP contribution in [0.5, 0.6) is 5.75 Å². The van der Waals surface area contributed by atoms with Crippen molar-refractivity contribution in [2.45, 2.75) is 18.9 Å². The standard InChI is InChI=1S/C24H23N3O3/c1-30-17-10-6-14(7-11-17)13-25-24(29)21-16-9-8-15(12-16)20(21)22-26-19-5-3-2-4-18(19)23(28)27-22/h2-11,15-16,20-21H,12-13H2,1H3,(H,25,29)(H,26,27,28)/t15-,16+,20-,21+/m0/s1. The van der Waals surface area contributed by atoms with Gasteiger partial charge in [0.25, 0.3) is 5.56 Å². The molecule has 0 spiro atoms. The van der Waals surface area contributed by atoms with Crippen LogP contribution in [0.3, 0.4) is 0 Å². The van der Waals surface area contributed by atoms with Crippen LogP contribution in [0, 0.1) is 17.8 Å². The zero-order valence-corrected chi connectivity index (χ0v) is 16.7. The van der Waals surface area contributed by atoms with Gasteiger partial charge in [-0.1, -0.05) is 36.4 Å². The third-order valence-electron chi connectivity index (χ3n) is 6.33. The van der Waals surface area contributed by atoms with Crippen molar-refractivity contribution in [2.75, 3.05) is 7.11 Å². The lowest BCUT2D eigenvalue weighted by molar-refractivity contribution is -0.126. The Bertz CT molecular complexity index is 1180. The Hall–Kier alpha value is -3.41. The predicted molar refractivity (Wildman–Crippen MR) is 114 cm³/mol. The molecule has 30 heavy (non-hydrogen) atoms. The number of carbonyl (C=O) groups excluding carboxylic acids is 1. The molecule has 0 saturated heterocycles. The minimum Gasteiger partial charge on any atom is -0.497 e. The number of amides is 1. The first-order valence-corrected chi connectivity index (χ1v) is 10.2. The number of aromatic nitrogens is 2. The molecule has 0 aliphatic heterocycles. The first-order valence-electron chi connectivity index (χ1n) is 10.2. The van der Waals surface area contributed by atoms with E-state index in [0.717, 1.165) is 17.7 Å². The smallest absolute Gasteiger partial charge is 0.258 e. The van der Waals surface area contributed by atoms with Crippen LogP contribution in [0.1, 0.15) is 23.7 Å². The predicted octanol–water partition coefficient (Wildman–Crippen LogP) is 3.15. The molecule has 0 radical (unpaired) electrons. The number of methoxy groups -OCH3 is 1. The second-order valence-electron chi connectivity index (χ2n) is 8.03. The minimum atomic E-state index is -0.234. The van der Waals surface area contributed by atoms with Crippen LogP contribution < -0.4 is 15.6 Å². The third-order valence-corrected chi connectivity index (χ3v) is 6.33. The summed E-state index contributed by atoms with van der Waals surface area (Å²) in [5, 5.41) is 3.65. The maximum absolute atomic E-state index is 13.2. The van der Waals surface area contributed by atoms with Crippen LogP contribution in [0.2, 0.25) is 0 Å². The van der Waals surface area contributed by atoms with Crippen LogP contribution in [0.4, 0.5) is 0 Å². The van der Waals surface area contributed by atoms with Gasteiger partial charge in [-0.3, -0.25) is 9.59 Å². The van der Waals surface area contributed by atoms with Crippen molar-refractivity contribution in [3.63, 3.8) is 0 Å². The van der Waals surface area contributed by atoms with E-state index >= 15 is 0 Å². The van der Waals surface area contributed by atoms with Gasteiger partial charge in [0.15, 0.2) is 0 Å². The number of fused-ring (bicyclic) bond motifs is 3. The minimum absolute atomic E-state index is 0.00322. The Kier molecular flexibility index (Phi) is 4.62. The van der Waals surface area contributed by atoms with Gasteiger partial charge in [0, 0.05) is 12.5 Å². The number of H-pyrrole nitrogens is 1. The zero-order chi connectivity index (χ0) is 20.7. The summed E-state index contributed by atoms with van der Waals surface area (Å²) in [4.78, 5) is 33.4. The Morgan fingerprint density at radius 3 is 2.70 bits per heavy atom. The van der Waals surface area contributed by atoms with E-state index in [0.29, 0.717) is 23.3 Å². The number of para-hydroxylation sites is 1. The Morgan fingerprint density at radius 2 is 1.90 bits per heavy atom. The number of ether oxygens (including phenoxy) is 1. The molecule has 6 heteroatoms. The molecular weight excluding hydrogens is 378 g/mol. The number of hydrogen-bond acceptors (Lipinski definition) is 4. The highest BCUT2D eigenvalue weighted by Crippen LogP contribution is 2.52. The maximum Gasteiger partial charge on any atom is 0.258 e. The van der Waals surface area contributed by atoms with Gasteiger partial charge in [0.1, 0.15) is 11.6 Å². The summed E-state index contributed by atoms with van der Waals surface area (Å²) >= 11 is 0. The molecule has 1 amide bonds. The molecular formula is C24H23N3O3. The topological polar surface area (TPSA) is 84.1 Å². The molecule has 3 aromatic rings. The van der Waals surface area contributed by atoms with Crippen molar-refractivity contribution >= 4 is 16.8 Å². The van der Waals surface area contributed by atoms with E-state index < -0.39 is 0 Å². The van der Waals surface area contributed by atoms with Crippen molar-refractivity contribution in [3.05, 3.63) is 82.4 Å². The van der Waals surface area contributed by atoms with E-state index in [1.165, 1.54) is 0 Å². The number of nitrogens with zero attached hydrogens (tertiary/aromatic N) is 1. The lowest BCUT2D eigenvalue weighted by Gasteiger charge is -2.26. The van der Waals surface area contributed by atoms with Gasteiger partial charge in [0.2, 0.25) is 5.91 Å². The summed E-state index contributed by atoms with van der Waals surface area (Å²) in [5.41, 5.74) is 1.52. The van der Waals surface area contributed by atoms with Gasteiger partial charge < -0.3 is 15.0 Å². The van der Waals surface area contributed by atoms with Crippen LogP contribution in [0.25, 0.3) is 10.9 Å². The molecule has 5 rings (SSSR count). The summed E-state index contributed by atoms with van der Waals surface area (Å²) in [7, 11) is 1.63. The van der Waals surface area contributed by atoms with Crippen molar-refractivity contribution in [1.29, 1.82) is 0 Å². The molecule has 4 atom stereocenters. The number of nitrogens with one attached hydrogen (secondary N) is 2. The molecule has 0 unspecified atom stereocenters. The molecule has 2 aromatic carbocycles. The van der Waals surface area contributed by atoms with Crippen molar-refractivity contribution in [3.8, 4) is 5.75 Å². The molecule has 1 fully saturated rings. The van der Waals surface area contributed by atoms with Gasteiger partial charge in [-0.15, -0.1) is 0 Å². The average molecular weight is 401 g/mol. The molecule has 2 N–H and O–H groups in total. The van der Waals surface area contributed by atoms with Gasteiger partial charge in [0.05, 0.1) is 23.9 Å². The fourth-order valence-electron chi connectivity index (χ4n) is 4.87. The molecule has 2 aliphatic rings.